The first-order chi connectivity index (χ1) is 11.1. The van der Waals surface area contributed by atoms with Gasteiger partial charge in [0.25, 0.3) is 0 Å². The van der Waals surface area contributed by atoms with Crippen LogP contribution in [0.5, 0.6) is 0 Å². The van der Waals surface area contributed by atoms with Crippen LogP contribution < -0.4 is 0 Å². The maximum absolute atomic E-state index is 13.3. The molecule has 3 rings (SSSR count). The summed E-state index contributed by atoms with van der Waals surface area (Å²) in [5, 5.41) is 1.10. The van der Waals surface area contributed by atoms with Crippen LogP contribution in [0.25, 0.3) is 28.1 Å². The Morgan fingerprint density at radius 2 is 1.74 bits per heavy atom. The van der Waals surface area contributed by atoms with E-state index in [1.807, 2.05) is 18.2 Å². The minimum absolute atomic E-state index is 0.236. The highest BCUT2D eigenvalue weighted by Crippen LogP contribution is 2.37. The number of aldehydes is 1. The first-order valence-electron chi connectivity index (χ1n) is 7.64. The van der Waals surface area contributed by atoms with Crippen LogP contribution in [0.3, 0.4) is 0 Å². The van der Waals surface area contributed by atoms with Gasteiger partial charge in [0.05, 0.1) is 5.69 Å². The lowest BCUT2D eigenvalue weighted by Crippen LogP contribution is -2.02. The quantitative estimate of drug-likeness (QED) is 0.477. The van der Waals surface area contributed by atoms with Crippen molar-refractivity contribution in [1.29, 1.82) is 0 Å². The Hall–Kier alpha value is -2.68. The molecule has 0 aliphatic heterocycles. The van der Waals surface area contributed by atoms with Crippen molar-refractivity contribution in [3.8, 4) is 11.1 Å². The molecule has 0 fully saturated rings. The Labute approximate surface area is 134 Å². The van der Waals surface area contributed by atoms with Gasteiger partial charge < -0.3 is 4.57 Å². The van der Waals surface area contributed by atoms with Crippen LogP contribution in [-0.4, -0.2) is 10.9 Å². The highest BCUT2D eigenvalue weighted by atomic mass is 19.1. The Balaban J connectivity index is 2.40. The van der Waals surface area contributed by atoms with E-state index in [0.29, 0.717) is 0 Å². The number of hydrogen-bond acceptors (Lipinski definition) is 1. The first kappa shape index (κ1) is 15.2. The maximum atomic E-state index is 13.3. The van der Waals surface area contributed by atoms with Crippen LogP contribution in [0, 0.1) is 5.82 Å². The fraction of sp³-hybridized carbons (Fsp3) is 0.150. The van der Waals surface area contributed by atoms with Crippen molar-refractivity contribution < 1.29 is 9.18 Å². The lowest BCUT2D eigenvalue weighted by molar-refractivity contribution is -0.104. The fourth-order valence-corrected chi connectivity index (χ4v) is 3.05. The summed E-state index contributed by atoms with van der Waals surface area (Å²) >= 11 is 0. The number of aromatic nitrogens is 1. The monoisotopic (exact) mass is 307 g/mol. The molecule has 2 nitrogen and oxygen atoms in total. The van der Waals surface area contributed by atoms with Crippen LogP contribution in [0.15, 0.2) is 54.6 Å². The number of nitrogens with zero attached hydrogens (tertiary/aromatic N) is 1. The van der Waals surface area contributed by atoms with Gasteiger partial charge in [0.1, 0.15) is 12.1 Å². The van der Waals surface area contributed by atoms with Gasteiger partial charge in [0.2, 0.25) is 0 Å². The van der Waals surface area contributed by atoms with Crippen molar-refractivity contribution >= 4 is 23.3 Å². The molecule has 0 unspecified atom stereocenters. The van der Waals surface area contributed by atoms with E-state index in [0.717, 1.165) is 34.0 Å². The number of benzene rings is 2. The van der Waals surface area contributed by atoms with E-state index in [1.165, 1.54) is 18.2 Å². The molecule has 0 aliphatic rings. The molecule has 0 radical (unpaired) electrons. The average molecular weight is 307 g/mol. The minimum Gasteiger partial charge on any atom is -0.338 e. The third-order valence-corrected chi connectivity index (χ3v) is 3.93. The molecule has 3 aromatic rings. The zero-order valence-electron chi connectivity index (χ0n) is 13.2. The number of para-hydroxylation sites is 1. The summed E-state index contributed by atoms with van der Waals surface area (Å²) < 4.78 is 15.5. The Kier molecular flexibility index (Phi) is 4.11. The summed E-state index contributed by atoms with van der Waals surface area (Å²) in [6, 6.07) is 14.8. The second-order valence-electron chi connectivity index (χ2n) is 5.74. The van der Waals surface area contributed by atoms with Gasteiger partial charge in [-0.15, -0.1) is 0 Å². The molecule has 23 heavy (non-hydrogen) atoms. The van der Waals surface area contributed by atoms with Gasteiger partial charge in [-0.2, -0.15) is 0 Å². The molecule has 2 aromatic carbocycles. The standard InChI is InChI=1S/C20H18FNO/c1-14(2)22-18-7-4-3-6-17(18)20(19(22)8-5-13-23)15-9-11-16(21)12-10-15/h3-14H,1-2H3/b8-5+. The van der Waals surface area contributed by atoms with Crippen LogP contribution >= 0.6 is 0 Å². The van der Waals surface area contributed by atoms with Crippen LogP contribution in [0.2, 0.25) is 0 Å². The average Bonchev–Trinajstić information content (AvgIpc) is 2.88. The maximum Gasteiger partial charge on any atom is 0.142 e. The van der Waals surface area contributed by atoms with Crippen LogP contribution in [0.4, 0.5) is 4.39 Å². The van der Waals surface area contributed by atoms with Crippen molar-refractivity contribution in [3.63, 3.8) is 0 Å². The number of rotatable bonds is 4. The van der Waals surface area contributed by atoms with Gasteiger partial charge in [-0.3, -0.25) is 4.79 Å². The van der Waals surface area contributed by atoms with Gasteiger partial charge in [-0.05, 0) is 49.8 Å². The number of carbonyl (C=O) groups is 1. The smallest absolute Gasteiger partial charge is 0.142 e. The predicted molar refractivity (Wildman–Crippen MR) is 92.8 cm³/mol. The van der Waals surface area contributed by atoms with Gasteiger partial charge in [-0.1, -0.05) is 30.3 Å². The van der Waals surface area contributed by atoms with E-state index in [1.54, 1.807) is 12.1 Å². The lowest BCUT2D eigenvalue weighted by atomic mass is 10.0. The predicted octanol–water partition coefficient (Wildman–Crippen LogP) is 5.24. The summed E-state index contributed by atoms with van der Waals surface area (Å²) in [5.74, 6) is -0.258. The summed E-state index contributed by atoms with van der Waals surface area (Å²) in [6.07, 6.45) is 4.10. The first-order valence-corrected chi connectivity index (χ1v) is 7.64. The van der Waals surface area contributed by atoms with Crippen molar-refractivity contribution in [1.82, 2.24) is 4.57 Å². The molecule has 0 amide bonds. The third-order valence-electron chi connectivity index (χ3n) is 3.93. The number of carbonyl (C=O) groups excluding carboxylic acids is 1. The largest absolute Gasteiger partial charge is 0.338 e. The molecular formula is C20H18FNO. The molecule has 1 heterocycles. The highest BCUT2D eigenvalue weighted by Gasteiger charge is 2.18. The Bertz CT molecular complexity index is 873. The topological polar surface area (TPSA) is 22.0 Å². The lowest BCUT2D eigenvalue weighted by Gasteiger charge is -2.13. The van der Waals surface area contributed by atoms with Crippen molar-refractivity contribution in [3.05, 3.63) is 66.1 Å². The van der Waals surface area contributed by atoms with Gasteiger partial charge in [-0.25, -0.2) is 4.39 Å². The molecule has 0 saturated heterocycles. The van der Waals surface area contributed by atoms with E-state index in [9.17, 15) is 9.18 Å². The normalized spacial score (nSPS) is 11.7. The second-order valence-corrected chi connectivity index (χ2v) is 5.74. The summed E-state index contributed by atoms with van der Waals surface area (Å²) in [5.41, 5.74) is 4.02. The molecule has 0 aliphatic carbocycles. The highest BCUT2D eigenvalue weighted by molar-refractivity contribution is 6.01. The van der Waals surface area contributed by atoms with E-state index >= 15 is 0 Å². The minimum atomic E-state index is -0.258. The molecule has 0 saturated carbocycles. The van der Waals surface area contributed by atoms with Gasteiger partial charge >= 0.3 is 0 Å². The third kappa shape index (κ3) is 2.70. The van der Waals surface area contributed by atoms with E-state index in [2.05, 4.69) is 30.5 Å². The Morgan fingerprint density at radius 3 is 2.39 bits per heavy atom. The molecular weight excluding hydrogens is 289 g/mol. The van der Waals surface area contributed by atoms with Gasteiger partial charge in [0.15, 0.2) is 0 Å². The summed E-state index contributed by atoms with van der Waals surface area (Å²) in [4.78, 5) is 10.8. The molecule has 1 aromatic heterocycles. The van der Waals surface area contributed by atoms with Crippen molar-refractivity contribution in [2.24, 2.45) is 0 Å². The summed E-state index contributed by atoms with van der Waals surface area (Å²) in [6.45, 7) is 4.22. The van der Waals surface area contributed by atoms with Crippen LogP contribution in [-0.2, 0) is 4.79 Å². The fourth-order valence-electron chi connectivity index (χ4n) is 3.05. The van der Waals surface area contributed by atoms with E-state index < -0.39 is 0 Å². The molecule has 0 N–H and O–H groups in total. The zero-order valence-corrected chi connectivity index (χ0v) is 13.2. The number of hydrogen-bond donors (Lipinski definition) is 0. The number of halogens is 1. The molecule has 3 heteroatoms. The number of allylic oxidation sites excluding steroid dienone is 1. The number of fused-ring (bicyclic) bond motifs is 1. The van der Waals surface area contributed by atoms with Gasteiger partial charge in [0, 0.05) is 22.5 Å². The van der Waals surface area contributed by atoms with Crippen molar-refractivity contribution in [2.45, 2.75) is 19.9 Å². The SMILES string of the molecule is CC(C)n1c(/C=C/C=O)c(-c2ccc(F)cc2)c2ccccc21. The summed E-state index contributed by atoms with van der Waals surface area (Å²) in [7, 11) is 0. The van der Waals surface area contributed by atoms with E-state index in [-0.39, 0.29) is 11.9 Å². The van der Waals surface area contributed by atoms with Crippen molar-refractivity contribution in [2.75, 3.05) is 0 Å². The molecule has 0 atom stereocenters. The second kappa shape index (κ2) is 6.21. The zero-order chi connectivity index (χ0) is 16.4. The van der Waals surface area contributed by atoms with Crippen LogP contribution in [0.1, 0.15) is 25.6 Å². The Morgan fingerprint density at radius 1 is 1.04 bits per heavy atom. The molecule has 0 bridgehead atoms. The molecule has 116 valence electrons. The van der Waals surface area contributed by atoms with E-state index in [4.69, 9.17) is 0 Å². The molecule has 0 spiro atoms.